The van der Waals surface area contributed by atoms with Gasteiger partial charge in [-0.2, -0.15) is 5.26 Å². The van der Waals surface area contributed by atoms with E-state index in [1.807, 2.05) is 6.07 Å². The van der Waals surface area contributed by atoms with Gasteiger partial charge in [-0.3, -0.25) is 0 Å². The van der Waals surface area contributed by atoms with E-state index < -0.39 is 6.10 Å². The van der Waals surface area contributed by atoms with Gasteiger partial charge in [0.2, 0.25) is 0 Å². The van der Waals surface area contributed by atoms with Crippen LogP contribution >= 0.6 is 11.3 Å². The Morgan fingerprint density at radius 2 is 2.50 bits per heavy atom. The number of nitrogens with two attached hydrogens (primary N) is 1. The molecule has 0 fully saturated rings. The molecule has 1 aromatic rings. The van der Waals surface area contributed by atoms with Crippen molar-refractivity contribution in [3.63, 3.8) is 0 Å². The van der Waals surface area contributed by atoms with Crippen molar-refractivity contribution in [1.29, 1.82) is 5.26 Å². The highest BCUT2D eigenvalue weighted by Crippen LogP contribution is 2.23. The molecule has 0 aromatic carbocycles. The summed E-state index contributed by atoms with van der Waals surface area (Å²) in [6.07, 6.45) is 0.0351. The number of aliphatic hydroxyl groups is 1. The molecule has 0 radical (unpaired) electrons. The van der Waals surface area contributed by atoms with Gasteiger partial charge in [-0.25, -0.2) is 0 Å². The van der Waals surface area contributed by atoms with Gasteiger partial charge < -0.3 is 10.8 Å². The lowest BCUT2D eigenvalue weighted by molar-refractivity contribution is 0.174. The van der Waals surface area contributed by atoms with Crippen LogP contribution in [-0.2, 0) is 0 Å². The van der Waals surface area contributed by atoms with Gasteiger partial charge in [-0.15, -0.1) is 11.3 Å². The maximum absolute atomic E-state index is 9.45. The molecule has 1 atom stereocenters. The Balaban J connectivity index is 2.69. The van der Waals surface area contributed by atoms with Gasteiger partial charge in [-0.05, 0) is 19.0 Å². The number of nitrogens with zero attached hydrogens (tertiary/aromatic N) is 1. The van der Waals surface area contributed by atoms with E-state index >= 15 is 0 Å². The van der Waals surface area contributed by atoms with Crippen molar-refractivity contribution in [3.05, 3.63) is 21.9 Å². The lowest BCUT2D eigenvalue weighted by Gasteiger charge is -2.04. The standard InChI is InChI=1S/C8H10N2OS/c9-2-1-7(11)8-3-6(4-10)5-12-8/h3,5,7,11H,1-2,9H2/t7-/m1/s1. The Labute approximate surface area is 75.1 Å². The van der Waals surface area contributed by atoms with Crippen molar-refractivity contribution in [2.45, 2.75) is 12.5 Å². The SMILES string of the molecule is N#Cc1csc([C@H](O)CCN)c1. The quantitative estimate of drug-likeness (QED) is 0.732. The van der Waals surface area contributed by atoms with Crippen LogP contribution in [0.1, 0.15) is 23.0 Å². The number of thiophene rings is 1. The highest BCUT2D eigenvalue weighted by atomic mass is 32.1. The first-order chi connectivity index (χ1) is 5.77. The van der Waals surface area contributed by atoms with Crippen molar-refractivity contribution in [2.75, 3.05) is 6.54 Å². The average Bonchev–Trinajstić information content (AvgIpc) is 2.52. The zero-order chi connectivity index (χ0) is 8.97. The summed E-state index contributed by atoms with van der Waals surface area (Å²) in [6.45, 7) is 0.459. The lowest BCUT2D eigenvalue weighted by Crippen LogP contribution is -2.05. The summed E-state index contributed by atoms with van der Waals surface area (Å²) in [5, 5.41) is 19.7. The second-order valence-corrected chi connectivity index (χ2v) is 3.39. The van der Waals surface area contributed by atoms with Crippen LogP contribution in [0.15, 0.2) is 11.4 Å². The Morgan fingerprint density at radius 1 is 1.75 bits per heavy atom. The van der Waals surface area contributed by atoms with Gasteiger partial charge in [0.05, 0.1) is 11.7 Å². The van der Waals surface area contributed by atoms with Crippen LogP contribution in [0.4, 0.5) is 0 Å². The topological polar surface area (TPSA) is 70.0 Å². The molecule has 0 aliphatic carbocycles. The summed E-state index contributed by atoms with van der Waals surface area (Å²) in [4.78, 5) is 0.817. The number of rotatable bonds is 3. The smallest absolute Gasteiger partial charge is 0.100 e. The molecule has 0 aliphatic heterocycles. The van der Waals surface area contributed by atoms with Crippen molar-refractivity contribution in [3.8, 4) is 6.07 Å². The second kappa shape index (κ2) is 4.21. The van der Waals surface area contributed by atoms with Gasteiger partial charge in [0.1, 0.15) is 6.07 Å². The predicted molar refractivity (Wildman–Crippen MR) is 47.7 cm³/mol. The highest BCUT2D eigenvalue weighted by molar-refractivity contribution is 7.10. The molecular weight excluding hydrogens is 172 g/mol. The predicted octanol–water partition coefficient (Wildman–Crippen LogP) is 1.00. The molecule has 1 heterocycles. The first-order valence-corrected chi connectivity index (χ1v) is 4.52. The van der Waals surface area contributed by atoms with E-state index in [-0.39, 0.29) is 0 Å². The van der Waals surface area contributed by atoms with Crippen LogP contribution in [0.2, 0.25) is 0 Å². The molecule has 1 aromatic heterocycles. The molecule has 0 bridgehead atoms. The minimum Gasteiger partial charge on any atom is -0.388 e. The summed E-state index contributed by atoms with van der Waals surface area (Å²) in [5.74, 6) is 0. The Morgan fingerprint density at radius 3 is 3.00 bits per heavy atom. The van der Waals surface area contributed by atoms with Crippen LogP contribution in [-0.4, -0.2) is 11.7 Å². The first kappa shape index (κ1) is 9.20. The van der Waals surface area contributed by atoms with Crippen LogP contribution in [0, 0.1) is 11.3 Å². The summed E-state index contributed by atoms with van der Waals surface area (Å²) in [5.41, 5.74) is 5.89. The Bertz CT molecular complexity index is 289. The van der Waals surface area contributed by atoms with Crippen molar-refractivity contribution >= 4 is 11.3 Å². The zero-order valence-electron chi connectivity index (χ0n) is 6.53. The number of aliphatic hydroxyl groups excluding tert-OH is 1. The number of hydrogen-bond donors (Lipinski definition) is 2. The van der Waals surface area contributed by atoms with Crippen LogP contribution in [0.25, 0.3) is 0 Å². The fourth-order valence-electron chi connectivity index (χ4n) is 0.886. The Hall–Kier alpha value is -0.890. The van der Waals surface area contributed by atoms with Gasteiger partial charge in [0, 0.05) is 10.3 Å². The molecule has 12 heavy (non-hydrogen) atoms. The molecule has 3 N–H and O–H groups in total. The summed E-state index contributed by atoms with van der Waals surface area (Å²) in [6, 6.07) is 3.71. The molecule has 0 aliphatic rings. The average molecular weight is 182 g/mol. The molecule has 0 saturated carbocycles. The van der Waals surface area contributed by atoms with Crippen LogP contribution < -0.4 is 5.73 Å². The van der Waals surface area contributed by atoms with E-state index in [1.165, 1.54) is 11.3 Å². The van der Waals surface area contributed by atoms with Gasteiger partial charge in [0.15, 0.2) is 0 Å². The summed E-state index contributed by atoms with van der Waals surface area (Å²) in [7, 11) is 0. The molecule has 0 unspecified atom stereocenters. The minimum absolute atomic E-state index is 0.459. The fraction of sp³-hybridized carbons (Fsp3) is 0.375. The van der Waals surface area contributed by atoms with Gasteiger partial charge >= 0.3 is 0 Å². The molecule has 0 saturated heterocycles. The third-order valence-electron chi connectivity index (χ3n) is 1.52. The molecule has 0 spiro atoms. The molecule has 1 rings (SSSR count). The fourth-order valence-corrected chi connectivity index (χ4v) is 1.74. The highest BCUT2D eigenvalue weighted by Gasteiger charge is 2.08. The minimum atomic E-state index is -0.512. The van der Waals surface area contributed by atoms with Gasteiger partial charge in [-0.1, -0.05) is 0 Å². The Kier molecular flexibility index (Phi) is 3.23. The summed E-state index contributed by atoms with van der Waals surface area (Å²) < 4.78 is 0. The number of nitriles is 1. The van der Waals surface area contributed by atoms with E-state index in [1.54, 1.807) is 11.4 Å². The third kappa shape index (κ3) is 2.05. The second-order valence-electron chi connectivity index (χ2n) is 2.44. The zero-order valence-corrected chi connectivity index (χ0v) is 7.34. The van der Waals surface area contributed by atoms with E-state index in [9.17, 15) is 5.11 Å². The van der Waals surface area contributed by atoms with E-state index in [0.717, 1.165) is 4.88 Å². The van der Waals surface area contributed by atoms with E-state index in [0.29, 0.717) is 18.5 Å². The van der Waals surface area contributed by atoms with Crippen molar-refractivity contribution in [2.24, 2.45) is 5.73 Å². The van der Waals surface area contributed by atoms with Crippen molar-refractivity contribution < 1.29 is 5.11 Å². The molecule has 64 valence electrons. The van der Waals surface area contributed by atoms with Gasteiger partial charge in [0.25, 0.3) is 0 Å². The van der Waals surface area contributed by atoms with Crippen molar-refractivity contribution in [1.82, 2.24) is 0 Å². The third-order valence-corrected chi connectivity index (χ3v) is 2.55. The maximum atomic E-state index is 9.45. The molecular formula is C8H10N2OS. The maximum Gasteiger partial charge on any atom is 0.100 e. The first-order valence-electron chi connectivity index (χ1n) is 3.64. The summed E-state index contributed by atoms with van der Waals surface area (Å²) >= 11 is 1.39. The van der Waals surface area contributed by atoms with Crippen LogP contribution in [0.5, 0.6) is 0 Å². The van der Waals surface area contributed by atoms with E-state index in [2.05, 4.69) is 0 Å². The number of hydrogen-bond acceptors (Lipinski definition) is 4. The molecule has 3 nitrogen and oxygen atoms in total. The van der Waals surface area contributed by atoms with Crippen LogP contribution in [0.3, 0.4) is 0 Å². The largest absolute Gasteiger partial charge is 0.388 e. The normalized spacial score (nSPS) is 12.4. The molecule has 0 amide bonds. The lowest BCUT2D eigenvalue weighted by atomic mass is 10.2. The molecule has 4 heteroatoms. The monoisotopic (exact) mass is 182 g/mol. The van der Waals surface area contributed by atoms with E-state index in [4.69, 9.17) is 11.0 Å².